The fraction of sp³-hybridized carbons (Fsp3) is 0.941. The van der Waals surface area contributed by atoms with Crippen molar-refractivity contribution < 1.29 is 14.6 Å². The number of carbonyl (C=O) groups is 1. The summed E-state index contributed by atoms with van der Waals surface area (Å²) in [6, 6.07) is 1.14. The summed E-state index contributed by atoms with van der Waals surface area (Å²) in [5.74, 6) is 0. The Morgan fingerprint density at radius 2 is 1.48 bits per heavy atom. The average molecular weight is 317 g/mol. The number of carboxylic acid groups (broad SMARTS) is 1. The van der Waals surface area contributed by atoms with Crippen molar-refractivity contribution in [2.75, 3.05) is 0 Å². The van der Waals surface area contributed by atoms with Crippen molar-refractivity contribution in [3.63, 3.8) is 0 Å². The summed E-state index contributed by atoms with van der Waals surface area (Å²) in [6.45, 7) is 9.20. The number of hydrogen-bond acceptors (Lipinski definition) is 2. The third kappa shape index (κ3) is 15.7. The number of ether oxygens (including phenoxy) is 1. The van der Waals surface area contributed by atoms with Crippen LogP contribution < -0.4 is 0 Å². The quantitative estimate of drug-likeness (QED) is 0.246. The van der Waals surface area contributed by atoms with E-state index in [0.29, 0.717) is 0 Å². The van der Waals surface area contributed by atoms with Gasteiger partial charge in [-0.15, -0.1) is 0 Å². The van der Waals surface area contributed by atoms with Crippen LogP contribution >= 0.6 is 0 Å². The second-order valence-corrected chi connectivity index (χ2v) is 13.0. The highest BCUT2D eigenvalue weighted by Gasteiger charge is 2.19. The van der Waals surface area contributed by atoms with Gasteiger partial charge in [-0.05, 0) is 19.3 Å². The molecular formula is C17H36O3Si. The minimum atomic E-state index is -1.12. The first-order valence-corrected chi connectivity index (χ1v) is 12.5. The van der Waals surface area contributed by atoms with Gasteiger partial charge in [0, 0.05) is 8.07 Å². The van der Waals surface area contributed by atoms with Crippen LogP contribution in [0.15, 0.2) is 0 Å². The molecule has 1 unspecified atom stereocenters. The van der Waals surface area contributed by atoms with E-state index in [4.69, 9.17) is 9.84 Å². The van der Waals surface area contributed by atoms with Gasteiger partial charge < -0.3 is 9.84 Å². The van der Waals surface area contributed by atoms with E-state index >= 15 is 0 Å². The van der Waals surface area contributed by atoms with Crippen molar-refractivity contribution in [2.45, 2.75) is 103 Å². The Labute approximate surface area is 132 Å². The molecule has 0 aliphatic carbocycles. The SMILES string of the molecule is CCCCCCCCCCC(CC[Si](C)(C)C)OC(=O)O. The lowest BCUT2D eigenvalue weighted by Gasteiger charge is -2.21. The summed E-state index contributed by atoms with van der Waals surface area (Å²) < 4.78 is 5.04. The van der Waals surface area contributed by atoms with Gasteiger partial charge in [-0.2, -0.15) is 0 Å². The summed E-state index contributed by atoms with van der Waals surface area (Å²) >= 11 is 0. The fourth-order valence-electron chi connectivity index (χ4n) is 2.50. The average Bonchev–Trinajstić information content (AvgIpc) is 2.37. The Morgan fingerprint density at radius 1 is 0.952 bits per heavy atom. The predicted molar refractivity (Wildman–Crippen MR) is 92.9 cm³/mol. The normalized spacial score (nSPS) is 13.1. The highest BCUT2D eigenvalue weighted by Crippen LogP contribution is 2.19. The zero-order chi connectivity index (χ0) is 16.1. The minimum Gasteiger partial charge on any atom is -0.450 e. The molecule has 4 heteroatoms. The lowest BCUT2D eigenvalue weighted by atomic mass is 10.0. The van der Waals surface area contributed by atoms with E-state index in [2.05, 4.69) is 26.6 Å². The van der Waals surface area contributed by atoms with Gasteiger partial charge in [0.05, 0.1) is 0 Å². The van der Waals surface area contributed by atoms with Gasteiger partial charge in [0.15, 0.2) is 0 Å². The van der Waals surface area contributed by atoms with E-state index in [-0.39, 0.29) is 6.10 Å². The first-order chi connectivity index (χ1) is 9.85. The van der Waals surface area contributed by atoms with Crippen LogP contribution in [0.1, 0.15) is 71.1 Å². The van der Waals surface area contributed by atoms with Crippen LogP contribution in [0.2, 0.25) is 25.7 Å². The van der Waals surface area contributed by atoms with E-state index in [1.54, 1.807) is 0 Å². The van der Waals surface area contributed by atoms with E-state index < -0.39 is 14.2 Å². The van der Waals surface area contributed by atoms with Crippen LogP contribution in [0.5, 0.6) is 0 Å². The molecule has 0 radical (unpaired) electrons. The lowest BCUT2D eigenvalue weighted by Crippen LogP contribution is -2.24. The van der Waals surface area contributed by atoms with E-state index in [0.717, 1.165) is 25.3 Å². The molecule has 0 spiro atoms. The molecule has 0 fully saturated rings. The number of rotatable bonds is 13. The van der Waals surface area contributed by atoms with E-state index in [1.807, 2.05) is 0 Å². The molecule has 1 N–H and O–H groups in total. The minimum absolute atomic E-state index is 0.0886. The molecule has 0 aromatic carbocycles. The van der Waals surface area contributed by atoms with Gasteiger partial charge in [-0.25, -0.2) is 4.79 Å². The largest absolute Gasteiger partial charge is 0.506 e. The molecule has 0 saturated carbocycles. The molecule has 0 amide bonds. The van der Waals surface area contributed by atoms with E-state index in [9.17, 15) is 4.79 Å². The molecular weight excluding hydrogens is 280 g/mol. The van der Waals surface area contributed by atoms with Crippen molar-refractivity contribution in [2.24, 2.45) is 0 Å². The number of unbranched alkanes of at least 4 members (excludes halogenated alkanes) is 7. The Kier molecular flexibility index (Phi) is 11.8. The maximum absolute atomic E-state index is 10.8. The van der Waals surface area contributed by atoms with Crippen molar-refractivity contribution >= 4 is 14.2 Å². The van der Waals surface area contributed by atoms with Crippen LogP contribution in [0, 0.1) is 0 Å². The zero-order valence-corrected chi connectivity index (χ0v) is 15.6. The topological polar surface area (TPSA) is 46.5 Å². The summed E-state index contributed by atoms with van der Waals surface area (Å²) in [5, 5.41) is 8.83. The van der Waals surface area contributed by atoms with Gasteiger partial charge >= 0.3 is 6.16 Å². The fourth-order valence-corrected chi connectivity index (χ4v) is 3.69. The molecule has 0 rings (SSSR count). The zero-order valence-electron chi connectivity index (χ0n) is 14.6. The van der Waals surface area contributed by atoms with Crippen LogP contribution in [-0.4, -0.2) is 25.4 Å². The maximum Gasteiger partial charge on any atom is 0.506 e. The predicted octanol–water partition coefficient (Wildman–Crippen LogP) is 6.31. The summed E-state index contributed by atoms with van der Waals surface area (Å²) in [7, 11) is -1.12. The third-order valence-electron chi connectivity index (χ3n) is 3.86. The van der Waals surface area contributed by atoms with Crippen LogP contribution in [0.25, 0.3) is 0 Å². The van der Waals surface area contributed by atoms with Crippen molar-refractivity contribution in [3.8, 4) is 0 Å². The maximum atomic E-state index is 10.8. The first-order valence-electron chi connectivity index (χ1n) is 8.74. The highest BCUT2D eigenvalue weighted by atomic mass is 28.3. The molecule has 0 aromatic heterocycles. The molecule has 3 nitrogen and oxygen atoms in total. The van der Waals surface area contributed by atoms with Crippen molar-refractivity contribution in [3.05, 3.63) is 0 Å². The molecule has 21 heavy (non-hydrogen) atoms. The molecule has 0 saturated heterocycles. The summed E-state index contributed by atoms with van der Waals surface area (Å²) in [4.78, 5) is 10.8. The molecule has 1 atom stereocenters. The van der Waals surface area contributed by atoms with Crippen LogP contribution in [0.4, 0.5) is 4.79 Å². The smallest absolute Gasteiger partial charge is 0.450 e. The second-order valence-electron chi connectivity index (χ2n) is 7.37. The first kappa shape index (κ1) is 20.5. The Hall–Kier alpha value is -0.513. The second kappa shape index (κ2) is 12.1. The highest BCUT2D eigenvalue weighted by molar-refractivity contribution is 6.76. The van der Waals surface area contributed by atoms with Gasteiger partial charge in [-0.1, -0.05) is 77.6 Å². The lowest BCUT2D eigenvalue weighted by molar-refractivity contribution is 0.0453. The molecule has 126 valence electrons. The van der Waals surface area contributed by atoms with E-state index in [1.165, 1.54) is 44.9 Å². The molecule has 0 aromatic rings. The van der Waals surface area contributed by atoms with Gasteiger partial charge in [-0.3, -0.25) is 0 Å². The van der Waals surface area contributed by atoms with Gasteiger partial charge in [0.25, 0.3) is 0 Å². The van der Waals surface area contributed by atoms with Gasteiger partial charge in [0.2, 0.25) is 0 Å². The van der Waals surface area contributed by atoms with Crippen LogP contribution in [0.3, 0.4) is 0 Å². The van der Waals surface area contributed by atoms with Crippen molar-refractivity contribution in [1.82, 2.24) is 0 Å². The Balaban J connectivity index is 3.73. The van der Waals surface area contributed by atoms with Crippen molar-refractivity contribution in [1.29, 1.82) is 0 Å². The van der Waals surface area contributed by atoms with Gasteiger partial charge in [0.1, 0.15) is 6.10 Å². The summed E-state index contributed by atoms with van der Waals surface area (Å²) in [6.07, 6.45) is 10.8. The molecule has 0 aliphatic rings. The Bertz CT molecular complexity index is 261. The molecule has 0 aliphatic heterocycles. The monoisotopic (exact) mass is 316 g/mol. The Morgan fingerprint density at radius 3 is 1.95 bits per heavy atom. The van der Waals surface area contributed by atoms with Crippen LogP contribution in [-0.2, 0) is 4.74 Å². The summed E-state index contributed by atoms with van der Waals surface area (Å²) in [5.41, 5.74) is 0. The molecule has 0 bridgehead atoms. The molecule has 0 heterocycles. The third-order valence-corrected chi connectivity index (χ3v) is 5.65. The standard InChI is InChI=1S/C17H36O3Si/c1-5-6-7-8-9-10-11-12-13-16(20-17(18)19)14-15-21(2,3)4/h16H,5-15H2,1-4H3,(H,18,19). The number of hydrogen-bond donors (Lipinski definition) is 1.